The number of aliphatic hydroxyl groups is 1. The van der Waals surface area contributed by atoms with Gasteiger partial charge in [0, 0.05) is 48.6 Å². The van der Waals surface area contributed by atoms with Crippen molar-refractivity contribution < 1.29 is 24.9 Å². The molecule has 6 rings (SSSR count). The average Bonchev–Trinajstić information content (AvgIpc) is 3.14. The van der Waals surface area contributed by atoms with Crippen LogP contribution in [0.4, 0.5) is 16.2 Å². The number of aryl methyl sites for hydroxylation is 1. The number of benzene rings is 3. The van der Waals surface area contributed by atoms with Gasteiger partial charge in [0.2, 0.25) is 11.5 Å². The number of carboxylic acid groups (broad SMARTS) is 1. The first-order valence-corrected chi connectivity index (χ1v) is 17.6. The maximum atomic E-state index is 12.8. The molecule has 0 bridgehead atoms. The van der Waals surface area contributed by atoms with Crippen LogP contribution in [0, 0.1) is 0 Å². The Morgan fingerprint density at radius 3 is 2.43 bits per heavy atom. The zero-order valence-corrected chi connectivity index (χ0v) is 31.2. The third-order valence-electron chi connectivity index (χ3n) is 9.61. The zero-order valence-electron chi connectivity index (χ0n) is 29.6. The van der Waals surface area contributed by atoms with Gasteiger partial charge < -0.3 is 36.7 Å². The van der Waals surface area contributed by atoms with Gasteiger partial charge in [-0.25, -0.2) is 4.79 Å². The largest absolute Gasteiger partial charge is 0.506 e. The van der Waals surface area contributed by atoms with Gasteiger partial charge in [-0.15, -0.1) is 24.8 Å². The summed E-state index contributed by atoms with van der Waals surface area (Å²) < 4.78 is 0. The topological polar surface area (TPSA) is 194 Å². The van der Waals surface area contributed by atoms with E-state index in [1.807, 2.05) is 48.5 Å². The highest BCUT2D eigenvalue weighted by Crippen LogP contribution is 2.36. The molecule has 0 spiro atoms. The minimum atomic E-state index is -0.982. The van der Waals surface area contributed by atoms with E-state index in [0.29, 0.717) is 60.2 Å². The van der Waals surface area contributed by atoms with Crippen LogP contribution in [-0.4, -0.2) is 55.9 Å². The number of carbonyl (C=O) groups excluding carboxylic acids is 1. The first-order chi connectivity index (χ1) is 25.2. The van der Waals surface area contributed by atoms with Crippen molar-refractivity contribution in [1.82, 2.24) is 15.3 Å². The molecule has 0 aliphatic heterocycles. The number of fused-ring (bicyclic) bond motifs is 1. The number of hydrogen-bond donors (Lipinski definition) is 7. The van der Waals surface area contributed by atoms with Gasteiger partial charge >= 0.3 is 6.09 Å². The van der Waals surface area contributed by atoms with Crippen molar-refractivity contribution >= 4 is 59.1 Å². The Morgan fingerprint density at radius 2 is 1.72 bits per heavy atom. The highest BCUT2D eigenvalue weighted by Gasteiger charge is 2.30. The van der Waals surface area contributed by atoms with E-state index >= 15 is 0 Å². The molecule has 8 N–H and O–H groups in total. The number of nitrogens with two attached hydrogens (primary N) is 1. The van der Waals surface area contributed by atoms with Crippen LogP contribution in [0.3, 0.4) is 0 Å². The fourth-order valence-corrected chi connectivity index (χ4v) is 6.89. The number of aliphatic hydroxyl groups excluding tert-OH is 1. The van der Waals surface area contributed by atoms with E-state index in [1.165, 1.54) is 17.0 Å². The number of rotatable bonds is 13. The lowest BCUT2D eigenvalue weighted by Crippen LogP contribution is -2.44. The van der Waals surface area contributed by atoms with E-state index in [1.54, 1.807) is 30.5 Å². The standard InChI is InChI=1S/C40H44N6O6.2ClH/c41-27-10-14-30(15-11-27)46(40(51)52)34-21-25(9-16-31(34)26-6-2-1-3-7-26)5-4-8-37(49)44-29-13-12-28(43-23-29)22-42-24-36(48)32-17-19-35(47)39-33(32)18-20-38(50)45-39;;/h1-3,6-7,9,12-13,16-21,23,27,30,36,42,47-48H,4-5,8,10-11,14-15,22,24,41H2,(H,44,49)(H,45,50)(H,51,52);2*1H/t27?,30?,36-;;/m1../s1. The lowest BCUT2D eigenvalue weighted by molar-refractivity contribution is -0.116. The first kappa shape index (κ1) is 41.8. The number of nitrogens with zero attached hydrogens (tertiary/aromatic N) is 2. The van der Waals surface area contributed by atoms with Gasteiger partial charge in [-0.1, -0.05) is 48.5 Å². The summed E-state index contributed by atoms with van der Waals surface area (Å²) in [6.07, 6.45) is 4.16. The number of halogens is 2. The second kappa shape index (κ2) is 19.4. The fraction of sp³-hybridized carbons (Fsp3) is 0.300. The molecule has 3 aromatic carbocycles. The van der Waals surface area contributed by atoms with E-state index in [-0.39, 0.29) is 72.6 Å². The molecule has 0 radical (unpaired) electrons. The molecule has 1 atom stereocenters. The molecule has 12 nitrogen and oxygen atoms in total. The van der Waals surface area contributed by atoms with Crippen molar-refractivity contribution in [3.05, 3.63) is 118 Å². The highest BCUT2D eigenvalue weighted by molar-refractivity contribution is 5.94. The predicted molar refractivity (Wildman–Crippen MR) is 216 cm³/mol. The Balaban J connectivity index is 0.00000325. The van der Waals surface area contributed by atoms with Crippen LogP contribution in [0.5, 0.6) is 5.75 Å². The zero-order chi connectivity index (χ0) is 36.6. The number of carbonyl (C=O) groups is 2. The summed E-state index contributed by atoms with van der Waals surface area (Å²) in [4.78, 5) is 45.7. The van der Waals surface area contributed by atoms with Crippen molar-refractivity contribution in [2.75, 3.05) is 16.8 Å². The van der Waals surface area contributed by atoms with E-state index in [4.69, 9.17) is 5.73 Å². The van der Waals surface area contributed by atoms with Gasteiger partial charge in [-0.05, 0) is 85.5 Å². The molecule has 5 aromatic rings. The molecule has 0 saturated heterocycles. The smallest absolute Gasteiger partial charge is 0.412 e. The van der Waals surface area contributed by atoms with Crippen molar-refractivity contribution in [2.45, 2.75) is 69.7 Å². The molecule has 2 amide bonds. The number of anilines is 2. The van der Waals surface area contributed by atoms with E-state index < -0.39 is 12.2 Å². The number of pyridine rings is 2. The second-order valence-corrected chi connectivity index (χ2v) is 13.3. The molecule has 1 aliphatic rings. The van der Waals surface area contributed by atoms with Gasteiger partial charge in [0.1, 0.15) is 5.75 Å². The van der Waals surface area contributed by atoms with Gasteiger partial charge in [0.15, 0.2) is 0 Å². The molecular formula is C40H46Cl2N6O6. The van der Waals surface area contributed by atoms with Gasteiger partial charge in [0.05, 0.1) is 34.9 Å². The average molecular weight is 778 g/mol. The third-order valence-corrected chi connectivity index (χ3v) is 9.61. The Labute approximate surface area is 325 Å². The van der Waals surface area contributed by atoms with E-state index in [0.717, 1.165) is 29.5 Å². The Morgan fingerprint density at radius 1 is 0.963 bits per heavy atom. The van der Waals surface area contributed by atoms with Crippen LogP contribution >= 0.6 is 24.8 Å². The SMILES string of the molecule is Cl.Cl.NC1CCC(N(C(=O)O)c2cc(CCCC(=O)Nc3ccc(CNC[C@@H](O)c4ccc(O)c5[nH]c(=O)ccc45)nc3)ccc2-c2ccccc2)CC1. The van der Waals surface area contributed by atoms with Crippen molar-refractivity contribution in [2.24, 2.45) is 5.73 Å². The number of aromatic nitrogens is 2. The number of aromatic hydroxyl groups is 1. The summed E-state index contributed by atoms with van der Waals surface area (Å²) in [5, 5.41) is 37.9. The molecule has 2 heterocycles. The van der Waals surface area contributed by atoms with Crippen LogP contribution < -0.4 is 26.8 Å². The normalized spacial score (nSPS) is 15.7. The lowest BCUT2D eigenvalue weighted by atomic mass is 9.89. The summed E-state index contributed by atoms with van der Waals surface area (Å²) >= 11 is 0. The number of aromatic amines is 1. The van der Waals surface area contributed by atoms with Gasteiger partial charge in [0.25, 0.3) is 0 Å². The number of phenols is 1. The number of nitrogens with one attached hydrogen (secondary N) is 3. The highest BCUT2D eigenvalue weighted by atomic mass is 35.5. The summed E-state index contributed by atoms with van der Waals surface area (Å²) in [5.74, 6) is -0.217. The Hall–Kier alpha value is -4.98. The summed E-state index contributed by atoms with van der Waals surface area (Å²) in [7, 11) is 0. The fourth-order valence-electron chi connectivity index (χ4n) is 6.89. The Kier molecular flexibility index (Phi) is 15.0. The third kappa shape index (κ3) is 10.4. The van der Waals surface area contributed by atoms with Gasteiger partial charge in [-0.2, -0.15) is 0 Å². The molecule has 2 aromatic heterocycles. The minimum absolute atomic E-state index is 0. The maximum absolute atomic E-state index is 12.8. The van der Waals surface area contributed by atoms with Crippen LogP contribution in [0.2, 0.25) is 0 Å². The van der Waals surface area contributed by atoms with Crippen molar-refractivity contribution in [3.63, 3.8) is 0 Å². The van der Waals surface area contributed by atoms with E-state index in [9.17, 15) is 29.7 Å². The minimum Gasteiger partial charge on any atom is -0.506 e. The molecular weight excluding hydrogens is 731 g/mol. The second-order valence-electron chi connectivity index (χ2n) is 13.3. The monoisotopic (exact) mass is 776 g/mol. The quantitative estimate of drug-likeness (QED) is 0.0683. The summed E-state index contributed by atoms with van der Waals surface area (Å²) in [6, 6.07) is 25.2. The molecule has 1 aliphatic carbocycles. The molecule has 1 fully saturated rings. The number of amides is 2. The summed E-state index contributed by atoms with van der Waals surface area (Å²) in [6.45, 7) is 0.579. The number of hydrogen-bond acceptors (Lipinski definition) is 8. The number of phenolic OH excluding ortho intramolecular Hbond substituents is 1. The molecule has 1 saturated carbocycles. The predicted octanol–water partition coefficient (Wildman–Crippen LogP) is 6.68. The van der Waals surface area contributed by atoms with Crippen molar-refractivity contribution in [1.29, 1.82) is 0 Å². The summed E-state index contributed by atoms with van der Waals surface area (Å²) in [5.41, 5.74) is 11.3. The Bertz CT molecular complexity index is 2070. The van der Waals surface area contributed by atoms with Crippen LogP contribution in [0.1, 0.15) is 61.4 Å². The van der Waals surface area contributed by atoms with Crippen molar-refractivity contribution in [3.8, 4) is 16.9 Å². The van der Waals surface area contributed by atoms with Gasteiger partial charge in [-0.3, -0.25) is 19.5 Å². The number of H-pyrrole nitrogens is 1. The van der Waals surface area contributed by atoms with Crippen LogP contribution in [-0.2, 0) is 17.8 Å². The molecule has 54 heavy (non-hydrogen) atoms. The first-order valence-electron chi connectivity index (χ1n) is 17.6. The van der Waals surface area contributed by atoms with E-state index in [2.05, 4.69) is 20.6 Å². The lowest BCUT2D eigenvalue weighted by Gasteiger charge is -2.35. The maximum Gasteiger partial charge on any atom is 0.412 e. The molecule has 0 unspecified atom stereocenters. The molecule has 14 heteroatoms. The van der Waals surface area contributed by atoms with Crippen LogP contribution in [0.15, 0.2) is 95.9 Å². The molecule has 286 valence electrons. The van der Waals surface area contributed by atoms with Crippen LogP contribution in [0.25, 0.3) is 22.0 Å².